The van der Waals surface area contributed by atoms with Crippen molar-refractivity contribution in [2.75, 3.05) is 0 Å². The maximum absolute atomic E-state index is 3.02. The Balaban J connectivity index is 4.53. The highest BCUT2D eigenvalue weighted by molar-refractivity contribution is 5.40. The highest BCUT2D eigenvalue weighted by Crippen LogP contribution is 2.26. The first-order valence-corrected chi connectivity index (χ1v) is 3.75. The molecule has 0 amide bonds. The van der Waals surface area contributed by atoms with Crippen LogP contribution in [0.5, 0.6) is 0 Å². The smallest absolute Gasteiger partial charge is 0.105 e. The molecule has 0 heterocycles. The fourth-order valence-corrected chi connectivity index (χ4v) is 0.656. The molecule has 0 aliphatic carbocycles. The molecule has 0 nitrogen and oxygen atoms in total. The molecule has 0 heteroatoms. The second-order valence-corrected chi connectivity index (χ2v) is 3.38. The number of rotatable bonds is 0. The minimum atomic E-state index is 0.0893. The molecule has 0 bridgehead atoms. The fourth-order valence-electron chi connectivity index (χ4n) is 0.656. The first-order valence-electron chi connectivity index (χ1n) is 3.75. The predicted octanol–water partition coefficient (Wildman–Crippen LogP) is 2.65. The Morgan fingerprint density at radius 1 is 0.909 bits per heavy atom. The SMILES string of the molecule is CC#C[C](C#CC)C(C)(C)C. The summed E-state index contributed by atoms with van der Waals surface area (Å²) < 4.78 is 0. The van der Waals surface area contributed by atoms with Crippen LogP contribution >= 0.6 is 0 Å². The van der Waals surface area contributed by atoms with Crippen molar-refractivity contribution >= 4 is 0 Å². The van der Waals surface area contributed by atoms with Gasteiger partial charge in [-0.05, 0) is 19.3 Å². The van der Waals surface area contributed by atoms with Crippen LogP contribution in [0.15, 0.2) is 0 Å². The van der Waals surface area contributed by atoms with E-state index < -0.39 is 0 Å². The highest BCUT2D eigenvalue weighted by atomic mass is 14.2. The van der Waals surface area contributed by atoms with Crippen LogP contribution in [0.1, 0.15) is 34.6 Å². The summed E-state index contributed by atoms with van der Waals surface area (Å²) in [6, 6.07) is 0. The van der Waals surface area contributed by atoms with Gasteiger partial charge in [-0.25, -0.2) is 0 Å². The Morgan fingerprint density at radius 3 is 1.45 bits per heavy atom. The van der Waals surface area contributed by atoms with E-state index in [-0.39, 0.29) is 5.41 Å². The molecule has 0 aromatic rings. The molecule has 0 unspecified atom stereocenters. The molecule has 0 aromatic heterocycles. The van der Waals surface area contributed by atoms with Crippen molar-refractivity contribution in [2.45, 2.75) is 34.6 Å². The summed E-state index contributed by atoms with van der Waals surface area (Å²) in [6.45, 7) is 10.0. The molecule has 0 aromatic carbocycles. The van der Waals surface area contributed by atoms with Gasteiger partial charge in [0.15, 0.2) is 0 Å². The van der Waals surface area contributed by atoms with E-state index in [4.69, 9.17) is 0 Å². The Kier molecular flexibility index (Phi) is 3.77. The quantitative estimate of drug-likeness (QED) is 0.462. The van der Waals surface area contributed by atoms with Crippen molar-refractivity contribution in [3.8, 4) is 23.7 Å². The summed E-state index contributed by atoms with van der Waals surface area (Å²) in [4.78, 5) is 0. The molecule has 59 valence electrons. The third-order valence-corrected chi connectivity index (χ3v) is 1.25. The summed E-state index contributed by atoms with van der Waals surface area (Å²) in [5, 5.41) is 0. The second kappa shape index (κ2) is 4.09. The Bertz CT molecular complexity index is 199. The maximum atomic E-state index is 3.02. The number of hydrogen-bond acceptors (Lipinski definition) is 0. The third kappa shape index (κ3) is 3.74. The second-order valence-electron chi connectivity index (χ2n) is 3.38. The molecule has 0 aliphatic rings. The van der Waals surface area contributed by atoms with Gasteiger partial charge in [0, 0.05) is 0 Å². The molecule has 0 aliphatic heterocycles. The van der Waals surface area contributed by atoms with Gasteiger partial charge in [-0.1, -0.05) is 32.6 Å². The van der Waals surface area contributed by atoms with Gasteiger partial charge in [0.25, 0.3) is 0 Å². The molecule has 0 saturated heterocycles. The topological polar surface area (TPSA) is 0 Å². The summed E-state index contributed by atoms with van der Waals surface area (Å²) in [5.74, 6) is 12.8. The first kappa shape index (κ1) is 10.1. The third-order valence-electron chi connectivity index (χ3n) is 1.25. The van der Waals surface area contributed by atoms with Gasteiger partial charge in [0.1, 0.15) is 5.92 Å². The van der Waals surface area contributed by atoms with E-state index >= 15 is 0 Å². The van der Waals surface area contributed by atoms with Gasteiger partial charge in [-0.2, -0.15) is 0 Å². The van der Waals surface area contributed by atoms with Crippen LogP contribution < -0.4 is 0 Å². The van der Waals surface area contributed by atoms with Gasteiger partial charge in [-0.15, -0.1) is 11.8 Å². The van der Waals surface area contributed by atoms with Gasteiger partial charge >= 0.3 is 0 Å². The summed E-state index contributed by atoms with van der Waals surface area (Å²) in [7, 11) is 0. The van der Waals surface area contributed by atoms with Crippen LogP contribution in [0.4, 0.5) is 0 Å². The van der Waals surface area contributed by atoms with Crippen molar-refractivity contribution in [3.63, 3.8) is 0 Å². The Hall–Kier alpha value is -0.880. The lowest BCUT2D eigenvalue weighted by Gasteiger charge is -2.19. The van der Waals surface area contributed by atoms with E-state index in [0.29, 0.717) is 0 Å². The summed E-state index contributed by atoms with van der Waals surface area (Å²) in [5.41, 5.74) is 0.0893. The molecule has 0 saturated carbocycles. The van der Waals surface area contributed by atoms with E-state index in [9.17, 15) is 0 Å². The molecule has 0 atom stereocenters. The van der Waals surface area contributed by atoms with E-state index in [1.807, 2.05) is 13.8 Å². The van der Waals surface area contributed by atoms with Crippen LogP contribution in [0.25, 0.3) is 0 Å². The van der Waals surface area contributed by atoms with Gasteiger partial charge in [0.2, 0.25) is 0 Å². The molecule has 0 N–H and O–H groups in total. The van der Waals surface area contributed by atoms with Gasteiger partial charge < -0.3 is 0 Å². The lowest BCUT2D eigenvalue weighted by molar-refractivity contribution is 0.484. The molecule has 0 fully saturated rings. The van der Waals surface area contributed by atoms with Crippen LogP contribution in [0, 0.1) is 35.0 Å². The van der Waals surface area contributed by atoms with Crippen molar-refractivity contribution in [1.82, 2.24) is 0 Å². The summed E-state index contributed by atoms with van der Waals surface area (Å²) in [6.07, 6.45) is 0. The molecular weight excluding hydrogens is 132 g/mol. The molecule has 1 radical (unpaired) electrons. The van der Waals surface area contributed by atoms with Crippen molar-refractivity contribution in [3.05, 3.63) is 5.92 Å². The molecular formula is C11H15. The highest BCUT2D eigenvalue weighted by Gasteiger charge is 2.21. The van der Waals surface area contributed by atoms with E-state index in [2.05, 4.69) is 44.5 Å². The van der Waals surface area contributed by atoms with Crippen LogP contribution in [-0.2, 0) is 0 Å². The van der Waals surface area contributed by atoms with Crippen molar-refractivity contribution < 1.29 is 0 Å². The van der Waals surface area contributed by atoms with Crippen LogP contribution in [0.3, 0.4) is 0 Å². The largest absolute Gasteiger partial charge is 0.124 e. The predicted molar refractivity (Wildman–Crippen MR) is 49.6 cm³/mol. The van der Waals surface area contributed by atoms with Crippen molar-refractivity contribution in [2.24, 2.45) is 5.41 Å². The molecule has 11 heavy (non-hydrogen) atoms. The zero-order chi connectivity index (χ0) is 8.91. The Labute approximate surface area is 70.4 Å². The lowest BCUT2D eigenvalue weighted by Crippen LogP contribution is -2.14. The zero-order valence-corrected chi connectivity index (χ0v) is 8.00. The van der Waals surface area contributed by atoms with Gasteiger partial charge in [0.05, 0.1) is 0 Å². The minimum absolute atomic E-state index is 0.0893. The van der Waals surface area contributed by atoms with Gasteiger partial charge in [-0.3, -0.25) is 0 Å². The van der Waals surface area contributed by atoms with E-state index in [0.717, 1.165) is 5.92 Å². The standard InChI is InChI=1S/C11H15/c1-6-8-10(9-7-2)11(3,4)5/h1-5H3. The minimum Gasteiger partial charge on any atom is -0.105 e. The average molecular weight is 147 g/mol. The van der Waals surface area contributed by atoms with E-state index in [1.54, 1.807) is 0 Å². The molecule has 0 rings (SSSR count). The first-order chi connectivity index (χ1) is 5.02. The Morgan fingerprint density at radius 2 is 1.27 bits per heavy atom. The monoisotopic (exact) mass is 147 g/mol. The summed E-state index contributed by atoms with van der Waals surface area (Å²) >= 11 is 0. The average Bonchev–Trinajstić information content (AvgIpc) is 1.85. The van der Waals surface area contributed by atoms with Crippen LogP contribution in [0.2, 0.25) is 0 Å². The molecule has 0 spiro atoms. The van der Waals surface area contributed by atoms with Crippen LogP contribution in [-0.4, -0.2) is 0 Å². The lowest BCUT2D eigenvalue weighted by atomic mass is 9.81. The maximum Gasteiger partial charge on any atom is 0.124 e. The number of hydrogen-bond donors (Lipinski definition) is 0. The normalized spacial score (nSPS) is 9.64. The van der Waals surface area contributed by atoms with E-state index in [1.165, 1.54) is 0 Å². The zero-order valence-electron chi connectivity index (χ0n) is 8.00. The van der Waals surface area contributed by atoms with Crippen molar-refractivity contribution in [1.29, 1.82) is 0 Å². The fraction of sp³-hybridized carbons (Fsp3) is 0.545.